The van der Waals surface area contributed by atoms with Crippen molar-refractivity contribution >= 4 is 5.97 Å². The molecule has 0 aliphatic carbocycles. The van der Waals surface area contributed by atoms with Gasteiger partial charge < -0.3 is 9.84 Å². The maximum atomic E-state index is 13.4. The number of nitriles is 1. The van der Waals surface area contributed by atoms with Crippen LogP contribution in [0.15, 0.2) is 54.6 Å². The molecular weight excluding hydrogens is 431 g/mol. The summed E-state index contributed by atoms with van der Waals surface area (Å²) in [5.74, 6) is 4.24. The minimum atomic E-state index is -4.69. The molecule has 1 N–H and O–H groups in total. The molecule has 3 aromatic rings. The van der Waals surface area contributed by atoms with E-state index >= 15 is 0 Å². The molecule has 0 saturated carbocycles. The van der Waals surface area contributed by atoms with Crippen molar-refractivity contribution in [3.05, 3.63) is 88.0 Å². The number of aromatic hydroxyl groups is 1. The summed E-state index contributed by atoms with van der Waals surface area (Å²) >= 11 is 0. The van der Waals surface area contributed by atoms with Gasteiger partial charge in [-0.25, -0.2) is 4.79 Å². The maximum absolute atomic E-state index is 13.4. The van der Waals surface area contributed by atoms with Crippen molar-refractivity contribution in [2.45, 2.75) is 20.0 Å². The Hall–Kier alpha value is -4.23. The van der Waals surface area contributed by atoms with Crippen LogP contribution in [0.1, 0.15) is 45.1 Å². The van der Waals surface area contributed by atoms with Crippen LogP contribution in [-0.2, 0) is 10.9 Å². The van der Waals surface area contributed by atoms with Gasteiger partial charge in [-0.05, 0) is 73.0 Å². The van der Waals surface area contributed by atoms with Gasteiger partial charge in [0.1, 0.15) is 5.75 Å². The SMILES string of the molecule is CCOC(=O)c1ccc(C#Cc2ccc(O)cc2C(F)(F)F)c(-c2ccc(C#N)c(C)c2)c1. The van der Waals surface area contributed by atoms with Gasteiger partial charge in [0.2, 0.25) is 0 Å². The lowest BCUT2D eigenvalue weighted by molar-refractivity contribution is -0.137. The van der Waals surface area contributed by atoms with E-state index in [0.29, 0.717) is 33.9 Å². The molecule has 0 heterocycles. The van der Waals surface area contributed by atoms with Crippen LogP contribution in [0.25, 0.3) is 11.1 Å². The number of halogens is 3. The highest BCUT2D eigenvalue weighted by atomic mass is 19.4. The molecule has 0 spiro atoms. The summed E-state index contributed by atoms with van der Waals surface area (Å²) < 4.78 is 45.2. The van der Waals surface area contributed by atoms with Crippen LogP contribution < -0.4 is 0 Å². The number of rotatable bonds is 3. The number of carbonyl (C=O) groups excluding carboxylic acids is 1. The van der Waals surface area contributed by atoms with Crippen LogP contribution in [0.4, 0.5) is 13.2 Å². The average Bonchev–Trinajstić information content (AvgIpc) is 2.77. The van der Waals surface area contributed by atoms with E-state index in [1.54, 1.807) is 38.1 Å². The first-order chi connectivity index (χ1) is 15.6. The van der Waals surface area contributed by atoms with Gasteiger partial charge in [-0.1, -0.05) is 24.0 Å². The Balaban J connectivity index is 2.18. The van der Waals surface area contributed by atoms with Gasteiger partial charge in [-0.2, -0.15) is 18.4 Å². The Kier molecular flexibility index (Phi) is 6.75. The average molecular weight is 449 g/mol. The fourth-order valence-electron chi connectivity index (χ4n) is 3.20. The predicted octanol–water partition coefficient (Wildman–Crippen LogP) is 5.83. The second-order valence-electron chi connectivity index (χ2n) is 7.10. The van der Waals surface area contributed by atoms with Crippen LogP contribution in [-0.4, -0.2) is 17.7 Å². The molecule has 0 aliphatic heterocycles. The lowest BCUT2D eigenvalue weighted by Gasteiger charge is -2.11. The van der Waals surface area contributed by atoms with E-state index in [-0.39, 0.29) is 17.7 Å². The lowest BCUT2D eigenvalue weighted by atomic mass is 9.94. The molecule has 0 fully saturated rings. The number of hydrogen-bond donors (Lipinski definition) is 1. The maximum Gasteiger partial charge on any atom is 0.417 e. The zero-order chi connectivity index (χ0) is 24.2. The quantitative estimate of drug-likeness (QED) is 0.403. The van der Waals surface area contributed by atoms with Crippen molar-refractivity contribution in [2.24, 2.45) is 0 Å². The van der Waals surface area contributed by atoms with Crippen molar-refractivity contribution in [1.82, 2.24) is 0 Å². The van der Waals surface area contributed by atoms with Crippen molar-refractivity contribution in [2.75, 3.05) is 6.61 Å². The first kappa shape index (κ1) is 23.4. The second-order valence-corrected chi connectivity index (χ2v) is 7.10. The Morgan fingerprint density at radius 2 is 1.67 bits per heavy atom. The summed E-state index contributed by atoms with van der Waals surface area (Å²) in [5, 5.41) is 18.6. The molecule has 3 aromatic carbocycles. The van der Waals surface area contributed by atoms with Crippen LogP contribution >= 0.6 is 0 Å². The molecule has 33 heavy (non-hydrogen) atoms. The van der Waals surface area contributed by atoms with Crippen molar-refractivity contribution in [3.8, 4) is 34.8 Å². The van der Waals surface area contributed by atoms with E-state index in [0.717, 1.165) is 12.1 Å². The fraction of sp³-hybridized carbons (Fsp3) is 0.154. The van der Waals surface area contributed by atoms with Crippen molar-refractivity contribution < 1.29 is 27.8 Å². The van der Waals surface area contributed by atoms with Gasteiger partial charge >= 0.3 is 12.1 Å². The highest BCUT2D eigenvalue weighted by Crippen LogP contribution is 2.34. The number of hydrogen-bond acceptors (Lipinski definition) is 4. The molecule has 0 unspecified atom stereocenters. The number of benzene rings is 3. The zero-order valence-electron chi connectivity index (χ0n) is 17.7. The number of carbonyl (C=O) groups is 1. The van der Waals surface area contributed by atoms with Gasteiger partial charge in [0.05, 0.1) is 29.4 Å². The highest BCUT2D eigenvalue weighted by molar-refractivity contribution is 5.92. The molecule has 3 rings (SSSR count). The van der Waals surface area contributed by atoms with Crippen molar-refractivity contribution in [1.29, 1.82) is 5.26 Å². The van der Waals surface area contributed by atoms with E-state index < -0.39 is 23.5 Å². The highest BCUT2D eigenvalue weighted by Gasteiger charge is 2.33. The Morgan fingerprint density at radius 3 is 2.30 bits per heavy atom. The minimum Gasteiger partial charge on any atom is -0.508 e. The molecule has 0 aliphatic rings. The number of phenolic OH excluding ortho intramolecular Hbond substituents is 1. The molecule has 0 aromatic heterocycles. The Morgan fingerprint density at radius 1 is 1.00 bits per heavy atom. The van der Waals surface area contributed by atoms with E-state index in [9.17, 15) is 28.3 Å². The molecule has 0 saturated heterocycles. The summed E-state index contributed by atoms with van der Waals surface area (Å²) in [6.07, 6.45) is -4.69. The largest absolute Gasteiger partial charge is 0.508 e. The normalized spacial score (nSPS) is 10.7. The number of nitrogens with zero attached hydrogens (tertiary/aromatic N) is 1. The first-order valence-electron chi connectivity index (χ1n) is 9.88. The number of phenols is 1. The topological polar surface area (TPSA) is 70.3 Å². The van der Waals surface area contributed by atoms with E-state index in [1.807, 2.05) is 0 Å². The number of esters is 1. The summed E-state index contributed by atoms with van der Waals surface area (Å²) in [5.41, 5.74) is 1.64. The van der Waals surface area contributed by atoms with E-state index in [1.165, 1.54) is 12.1 Å². The van der Waals surface area contributed by atoms with Crippen LogP contribution in [0, 0.1) is 30.1 Å². The van der Waals surface area contributed by atoms with Crippen molar-refractivity contribution in [3.63, 3.8) is 0 Å². The standard InChI is InChI=1S/C26H18F3NO3/c1-3-33-25(32)20-8-5-17(23(13-20)19-7-9-21(15-30)16(2)12-19)4-6-18-10-11-22(31)14-24(18)26(27,28)29/h5,7-14,31H,3H2,1-2H3. The van der Waals surface area contributed by atoms with Gasteiger partial charge in [0.25, 0.3) is 0 Å². The first-order valence-corrected chi connectivity index (χ1v) is 9.88. The number of ether oxygens (including phenoxy) is 1. The van der Waals surface area contributed by atoms with Crippen LogP contribution in [0.2, 0.25) is 0 Å². The summed E-state index contributed by atoms with van der Waals surface area (Å²) in [6, 6.07) is 14.6. The zero-order valence-corrected chi connectivity index (χ0v) is 17.7. The summed E-state index contributed by atoms with van der Waals surface area (Å²) in [4.78, 5) is 12.2. The minimum absolute atomic E-state index is 0.187. The van der Waals surface area contributed by atoms with Crippen LogP contribution in [0.5, 0.6) is 5.75 Å². The lowest BCUT2D eigenvalue weighted by Crippen LogP contribution is -2.07. The molecule has 7 heteroatoms. The molecule has 4 nitrogen and oxygen atoms in total. The van der Waals surface area contributed by atoms with E-state index in [4.69, 9.17) is 4.74 Å². The third kappa shape index (κ3) is 5.34. The Bertz CT molecular complexity index is 1330. The summed E-state index contributed by atoms with van der Waals surface area (Å²) in [6.45, 7) is 3.62. The summed E-state index contributed by atoms with van der Waals surface area (Å²) in [7, 11) is 0. The predicted molar refractivity (Wildman–Crippen MR) is 116 cm³/mol. The fourth-order valence-corrected chi connectivity index (χ4v) is 3.20. The molecule has 0 radical (unpaired) electrons. The molecule has 0 bridgehead atoms. The third-order valence-electron chi connectivity index (χ3n) is 4.83. The smallest absolute Gasteiger partial charge is 0.417 e. The van der Waals surface area contributed by atoms with E-state index in [2.05, 4.69) is 17.9 Å². The van der Waals surface area contributed by atoms with Gasteiger partial charge in [0.15, 0.2) is 0 Å². The number of aryl methyl sites for hydroxylation is 1. The van der Waals surface area contributed by atoms with Crippen LogP contribution in [0.3, 0.4) is 0 Å². The van der Waals surface area contributed by atoms with Gasteiger partial charge in [-0.3, -0.25) is 0 Å². The van der Waals surface area contributed by atoms with Gasteiger partial charge in [0, 0.05) is 11.1 Å². The monoisotopic (exact) mass is 449 g/mol. The Labute approximate surface area is 188 Å². The molecule has 166 valence electrons. The molecule has 0 amide bonds. The molecular formula is C26H18F3NO3. The number of alkyl halides is 3. The van der Waals surface area contributed by atoms with Gasteiger partial charge in [-0.15, -0.1) is 0 Å². The second kappa shape index (κ2) is 9.50. The molecule has 0 atom stereocenters. The third-order valence-corrected chi connectivity index (χ3v) is 4.83.